The first-order valence-corrected chi connectivity index (χ1v) is 11.7. The van der Waals surface area contributed by atoms with Crippen molar-refractivity contribution in [1.82, 2.24) is 9.55 Å². The number of benzene rings is 3. The fourth-order valence-electron chi connectivity index (χ4n) is 4.08. The van der Waals surface area contributed by atoms with Gasteiger partial charge in [-0.15, -0.1) is 11.8 Å². The zero-order chi connectivity index (χ0) is 22.1. The summed E-state index contributed by atoms with van der Waals surface area (Å²) in [6.45, 7) is 2.41. The van der Waals surface area contributed by atoms with Crippen molar-refractivity contribution >= 4 is 39.5 Å². The van der Waals surface area contributed by atoms with E-state index in [1.165, 1.54) is 4.90 Å². The lowest BCUT2D eigenvalue weighted by molar-refractivity contribution is 0.0962. The van der Waals surface area contributed by atoms with Crippen LogP contribution in [0.15, 0.2) is 90.1 Å². The summed E-state index contributed by atoms with van der Waals surface area (Å²) < 4.78 is 7.51. The smallest absolute Gasteiger partial charge is 0.267 e. The van der Waals surface area contributed by atoms with Crippen LogP contribution in [0, 0.1) is 0 Å². The van der Waals surface area contributed by atoms with E-state index < -0.39 is 0 Å². The molecule has 0 bridgehead atoms. The Morgan fingerprint density at radius 3 is 2.53 bits per heavy atom. The third-order valence-electron chi connectivity index (χ3n) is 5.59. The van der Waals surface area contributed by atoms with Gasteiger partial charge in [-0.05, 0) is 59.8 Å². The molecule has 0 amide bonds. The van der Waals surface area contributed by atoms with Gasteiger partial charge >= 0.3 is 0 Å². The summed E-state index contributed by atoms with van der Waals surface area (Å²) in [7, 11) is 0. The number of ether oxygens (including phenoxy) is 1. The van der Waals surface area contributed by atoms with E-state index >= 15 is 0 Å². The first kappa shape index (κ1) is 20.3. The molecule has 0 saturated carbocycles. The summed E-state index contributed by atoms with van der Waals surface area (Å²) in [6.07, 6.45) is 5.68. The van der Waals surface area contributed by atoms with Crippen LogP contribution in [-0.4, -0.2) is 28.3 Å². The van der Waals surface area contributed by atoms with Crippen LogP contribution in [0.25, 0.3) is 32.9 Å². The van der Waals surface area contributed by atoms with E-state index in [-0.39, 0.29) is 5.91 Å². The lowest BCUT2D eigenvalue weighted by Crippen LogP contribution is -2.14. The molecule has 4 nitrogen and oxygen atoms in total. The number of carbonyl (C=O) groups is 1. The van der Waals surface area contributed by atoms with E-state index in [9.17, 15) is 4.79 Å². The second-order valence-corrected chi connectivity index (χ2v) is 8.29. The van der Waals surface area contributed by atoms with Gasteiger partial charge in [0.05, 0.1) is 12.2 Å². The molecule has 0 saturated heterocycles. The van der Waals surface area contributed by atoms with Crippen LogP contribution in [0.1, 0.15) is 17.3 Å². The Hall–Kier alpha value is -3.57. The Balaban J connectivity index is 1.72. The number of thioether (sulfide) groups is 1. The van der Waals surface area contributed by atoms with Crippen molar-refractivity contribution in [3.8, 4) is 16.9 Å². The SMILES string of the molecule is CCOc1ccc2ccccc2c1C(=O)n1cc(-c2ccc(SC)cc2)c2cccnc21. The van der Waals surface area contributed by atoms with Crippen LogP contribution >= 0.6 is 11.8 Å². The third kappa shape index (κ3) is 3.45. The summed E-state index contributed by atoms with van der Waals surface area (Å²) in [4.78, 5) is 19.7. The minimum atomic E-state index is -0.152. The lowest BCUT2D eigenvalue weighted by Gasteiger charge is -2.13. The molecule has 0 spiro atoms. The molecule has 0 fully saturated rings. The Morgan fingerprint density at radius 1 is 0.969 bits per heavy atom. The summed E-state index contributed by atoms with van der Waals surface area (Å²) in [5.41, 5.74) is 3.22. The van der Waals surface area contributed by atoms with E-state index in [2.05, 4.69) is 35.5 Å². The van der Waals surface area contributed by atoms with Gasteiger partial charge in [-0.2, -0.15) is 0 Å². The zero-order valence-electron chi connectivity index (χ0n) is 17.9. The lowest BCUT2D eigenvalue weighted by atomic mass is 10.0. The van der Waals surface area contributed by atoms with Gasteiger partial charge in [0.1, 0.15) is 11.4 Å². The highest BCUT2D eigenvalue weighted by Gasteiger charge is 2.22. The van der Waals surface area contributed by atoms with Crippen LogP contribution in [0.3, 0.4) is 0 Å². The van der Waals surface area contributed by atoms with Crippen LogP contribution in [0.5, 0.6) is 5.75 Å². The molecule has 2 heterocycles. The molecule has 0 aliphatic carbocycles. The van der Waals surface area contributed by atoms with Gasteiger partial charge in [-0.1, -0.05) is 42.5 Å². The number of hydrogen-bond acceptors (Lipinski definition) is 4. The quantitative estimate of drug-likeness (QED) is 0.288. The van der Waals surface area contributed by atoms with Crippen LogP contribution in [0.2, 0.25) is 0 Å². The van der Waals surface area contributed by atoms with E-state index in [1.54, 1.807) is 22.5 Å². The van der Waals surface area contributed by atoms with Crippen molar-refractivity contribution in [2.75, 3.05) is 12.9 Å². The molecule has 0 radical (unpaired) electrons. The molecule has 0 atom stereocenters. The summed E-state index contributed by atoms with van der Waals surface area (Å²) in [6, 6.07) is 24.0. The molecule has 0 unspecified atom stereocenters. The van der Waals surface area contributed by atoms with Crippen molar-refractivity contribution in [3.63, 3.8) is 0 Å². The number of rotatable bonds is 5. The average Bonchev–Trinajstić information content (AvgIpc) is 3.23. The number of carbonyl (C=O) groups excluding carboxylic acids is 1. The second kappa shape index (κ2) is 8.52. The normalized spacial score (nSPS) is 11.2. The Labute approximate surface area is 190 Å². The van der Waals surface area contributed by atoms with Crippen molar-refractivity contribution in [3.05, 3.63) is 90.8 Å². The molecule has 3 aromatic carbocycles. The van der Waals surface area contributed by atoms with Gasteiger partial charge in [0, 0.05) is 28.2 Å². The summed E-state index contributed by atoms with van der Waals surface area (Å²) in [5, 5.41) is 2.81. The largest absolute Gasteiger partial charge is 0.493 e. The van der Waals surface area contributed by atoms with E-state index in [1.807, 2.05) is 61.7 Å². The first-order chi connectivity index (χ1) is 15.7. The predicted molar refractivity (Wildman–Crippen MR) is 132 cm³/mol. The van der Waals surface area contributed by atoms with E-state index in [4.69, 9.17) is 4.74 Å². The van der Waals surface area contributed by atoms with Crippen LogP contribution < -0.4 is 4.74 Å². The van der Waals surface area contributed by atoms with Crippen molar-refractivity contribution in [2.45, 2.75) is 11.8 Å². The molecule has 5 aromatic rings. The number of fused-ring (bicyclic) bond motifs is 2. The van der Waals surface area contributed by atoms with Crippen LogP contribution in [0.4, 0.5) is 0 Å². The summed E-state index contributed by atoms with van der Waals surface area (Å²) in [5.74, 6) is 0.431. The standard InChI is InChI=1S/C27H22N2O2S/c1-3-31-24-15-12-18-7-4-5-8-21(18)25(24)27(30)29-17-23(22-9-6-16-28-26(22)29)19-10-13-20(32-2)14-11-19/h4-17H,3H2,1-2H3. The maximum atomic E-state index is 14.0. The number of nitrogens with zero attached hydrogens (tertiary/aromatic N) is 2. The van der Waals surface area contributed by atoms with Gasteiger partial charge < -0.3 is 4.74 Å². The van der Waals surface area contributed by atoms with Gasteiger partial charge in [-0.3, -0.25) is 9.36 Å². The number of aromatic nitrogens is 2. The molecule has 0 aliphatic rings. The average molecular weight is 439 g/mol. The molecule has 2 aromatic heterocycles. The maximum Gasteiger partial charge on any atom is 0.267 e. The zero-order valence-corrected chi connectivity index (χ0v) is 18.7. The summed E-state index contributed by atoms with van der Waals surface area (Å²) >= 11 is 1.71. The first-order valence-electron chi connectivity index (χ1n) is 10.5. The highest BCUT2D eigenvalue weighted by Crippen LogP contribution is 2.34. The molecule has 32 heavy (non-hydrogen) atoms. The molecular formula is C27H22N2O2S. The molecule has 0 N–H and O–H groups in total. The van der Waals surface area contributed by atoms with Crippen molar-refractivity contribution in [1.29, 1.82) is 0 Å². The molecule has 0 aliphatic heterocycles. The highest BCUT2D eigenvalue weighted by molar-refractivity contribution is 7.98. The minimum Gasteiger partial charge on any atom is -0.493 e. The fraction of sp³-hybridized carbons (Fsp3) is 0.111. The third-order valence-corrected chi connectivity index (χ3v) is 6.33. The van der Waals surface area contributed by atoms with Gasteiger partial charge in [-0.25, -0.2) is 4.98 Å². The highest BCUT2D eigenvalue weighted by atomic mass is 32.2. The van der Waals surface area contributed by atoms with E-state index in [0.717, 1.165) is 27.3 Å². The maximum absolute atomic E-state index is 14.0. The van der Waals surface area contributed by atoms with Crippen molar-refractivity contribution < 1.29 is 9.53 Å². The topological polar surface area (TPSA) is 44.1 Å². The number of hydrogen-bond donors (Lipinski definition) is 0. The van der Waals surface area contributed by atoms with Gasteiger partial charge in [0.15, 0.2) is 0 Å². The fourth-order valence-corrected chi connectivity index (χ4v) is 4.49. The Morgan fingerprint density at radius 2 is 1.75 bits per heavy atom. The van der Waals surface area contributed by atoms with E-state index in [0.29, 0.717) is 23.6 Å². The number of pyridine rings is 1. The predicted octanol–water partition coefficient (Wildman–Crippen LogP) is 6.67. The van der Waals surface area contributed by atoms with Gasteiger partial charge in [0.2, 0.25) is 0 Å². The second-order valence-electron chi connectivity index (χ2n) is 7.41. The van der Waals surface area contributed by atoms with Gasteiger partial charge in [0.25, 0.3) is 5.91 Å². The minimum absolute atomic E-state index is 0.152. The molecule has 5 rings (SSSR count). The Kier molecular flexibility index (Phi) is 5.41. The monoisotopic (exact) mass is 438 g/mol. The Bertz CT molecular complexity index is 1440. The van der Waals surface area contributed by atoms with Crippen molar-refractivity contribution in [2.24, 2.45) is 0 Å². The molecular weight excluding hydrogens is 416 g/mol. The van der Waals surface area contributed by atoms with Crippen LogP contribution in [-0.2, 0) is 0 Å². The molecule has 158 valence electrons. The molecule has 5 heteroatoms.